The van der Waals surface area contributed by atoms with Crippen molar-refractivity contribution in [3.8, 4) is 0 Å². The number of carbonyl (C=O) groups is 2. The zero-order chi connectivity index (χ0) is 14.3. The lowest BCUT2D eigenvalue weighted by Crippen LogP contribution is -2.29. The van der Waals surface area contributed by atoms with E-state index in [0.717, 1.165) is 16.6 Å². The Kier molecular flexibility index (Phi) is 3.22. The van der Waals surface area contributed by atoms with Crippen molar-refractivity contribution in [2.45, 2.75) is 13.3 Å². The van der Waals surface area contributed by atoms with Gasteiger partial charge in [0.25, 0.3) is 5.91 Å². The number of Topliss-reactive ketones (excluding diaryl/α,β-unsaturated/α-hetero) is 1. The zero-order valence-electron chi connectivity index (χ0n) is 10.9. The molecule has 4 nitrogen and oxygen atoms in total. The standard InChI is InChI=1S/C15H13BrN2O2/c1-9(19)11-6-13(17-8-11)15(20)18-5-4-10-2-3-12(16)7-14(10)18/h2-3,6-8,17H,4-5H2,1H3. The Bertz CT molecular complexity index is 706. The third-order valence-corrected chi connectivity index (χ3v) is 4.00. The van der Waals surface area contributed by atoms with Gasteiger partial charge in [-0.3, -0.25) is 9.59 Å². The maximum absolute atomic E-state index is 12.5. The summed E-state index contributed by atoms with van der Waals surface area (Å²) >= 11 is 3.43. The number of halogens is 1. The van der Waals surface area contributed by atoms with E-state index in [1.54, 1.807) is 17.2 Å². The van der Waals surface area contributed by atoms with Crippen LogP contribution in [0.3, 0.4) is 0 Å². The summed E-state index contributed by atoms with van der Waals surface area (Å²) in [5.74, 6) is -0.154. The monoisotopic (exact) mass is 332 g/mol. The van der Waals surface area contributed by atoms with Gasteiger partial charge >= 0.3 is 0 Å². The van der Waals surface area contributed by atoms with Crippen LogP contribution < -0.4 is 4.90 Å². The first kappa shape index (κ1) is 13.1. The number of fused-ring (bicyclic) bond motifs is 1. The first-order valence-corrected chi connectivity index (χ1v) is 7.15. The highest BCUT2D eigenvalue weighted by atomic mass is 79.9. The normalized spacial score (nSPS) is 13.4. The second-order valence-electron chi connectivity index (χ2n) is 4.84. The average molecular weight is 333 g/mol. The molecule has 3 rings (SSSR count). The molecule has 0 aliphatic carbocycles. The Morgan fingerprint density at radius 2 is 2.10 bits per heavy atom. The van der Waals surface area contributed by atoms with Crippen LogP contribution in [0.4, 0.5) is 5.69 Å². The van der Waals surface area contributed by atoms with Crippen LogP contribution in [0.15, 0.2) is 34.9 Å². The largest absolute Gasteiger partial charge is 0.356 e. The van der Waals surface area contributed by atoms with Crippen LogP contribution in [0.2, 0.25) is 0 Å². The van der Waals surface area contributed by atoms with Gasteiger partial charge in [-0.25, -0.2) is 0 Å². The summed E-state index contributed by atoms with van der Waals surface area (Å²) in [6, 6.07) is 7.58. The fourth-order valence-corrected chi connectivity index (χ4v) is 2.78. The number of aromatic nitrogens is 1. The number of hydrogen-bond donors (Lipinski definition) is 1. The summed E-state index contributed by atoms with van der Waals surface area (Å²) in [6.07, 6.45) is 2.43. The Balaban J connectivity index is 1.93. The van der Waals surface area contributed by atoms with E-state index >= 15 is 0 Å². The number of hydrogen-bond acceptors (Lipinski definition) is 2. The SMILES string of the molecule is CC(=O)c1c[nH]c(C(=O)N2CCc3ccc(Br)cc32)c1. The molecule has 2 aromatic rings. The number of aromatic amines is 1. The number of amides is 1. The Morgan fingerprint density at radius 3 is 2.80 bits per heavy atom. The minimum atomic E-state index is -0.102. The molecule has 0 saturated carbocycles. The molecule has 1 N–H and O–H groups in total. The molecular weight excluding hydrogens is 320 g/mol. The number of H-pyrrole nitrogens is 1. The maximum Gasteiger partial charge on any atom is 0.274 e. The summed E-state index contributed by atoms with van der Waals surface area (Å²) < 4.78 is 0.951. The lowest BCUT2D eigenvalue weighted by Gasteiger charge is -2.16. The van der Waals surface area contributed by atoms with Crippen molar-refractivity contribution >= 4 is 33.3 Å². The number of rotatable bonds is 2. The van der Waals surface area contributed by atoms with Crippen LogP contribution in [0, 0.1) is 0 Å². The number of carbonyl (C=O) groups excluding carboxylic acids is 2. The first-order valence-electron chi connectivity index (χ1n) is 6.36. The lowest BCUT2D eigenvalue weighted by molar-refractivity contribution is 0.0984. The highest BCUT2D eigenvalue weighted by molar-refractivity contribution is 9.10. The van der Waals surface area contributed by atoms with Crippen molar-refractivity contribution in [2.24, 2.45) is 0 Å². The van der Waals surface area contributed by atoms with Gasteiger partial charge in [0.1, 0.15) is 5.69 Å². The third-order valence-electron chi connectivity index (χ3n) is 3.51. The molecule has 0 bridgehead atoms. The van der Waals surface area contributed by atoms with Crippen LogP contribution in [-0.2, 0) is 6.42 Å². The predicted octanol–water partition coefficient (Wildman–Crippen LogP) is 3.18. The Morgan fingerprint density at radius 1 is 1.30 bits per heavy atom. The number of nitrogens with one attached hydrogen (secondary N) is 1. The van der Waals surface area contributed by atoms with Crippen molar-refractivity contribution in [1.82, 2.24) is 4.98 Å². The second kappa shape index (κ2) is 4.90. The fourth-order valence-electron chi connectivity index (χ4n) is 2.43. The molecule has 1 aromatic heterocycles. The second-order valence-corrected chi connectivity index (χ2v) is 5.75. The molecule has 0 fully saturated rings. The molecule has 1 aliphatic heterocycles. The van der Waals surface area contributed by atoms with Crippen molar-refractivity contribution < 1.29 is 9.59 Å². The molecule has 0 radical (unpaired) electrons. The van der Waals surface area contributed by atoms with Crippen LogP contribution >= 0.6 is 15.9 Å². The van der Waals surface area contributed by atoms with Gasteiger partial charge in [-0.05, 0) is 37.1 Å². The topological polar surface area (TPSA) is 53.2 Å². The smallest absolute Gasteiger partial charge is 0.274 e. The van der Waals surface area contributed by atoms with Gasteiger partial charge in [0, 0.05) is 28.5 Å². The van der Waals surface area contributed by atoms with Crippen LogP contribution in [0.25, 0.3) is 0 Å². The molecule has 20 heavy (non-hydrogen) atoms. The number of nitrogens with zero attached hydrogens (tertiary/aromatic N) is 1. The van der Waals surface area contributed by atoms with E-state index in [-0.39, 0.29) is 11.7 Å². The van der Waals surface area contributed by atoms with Gasteiger partial charge in [-0.2, -0.15) is 0 Å². The third kappa shape index (κ3) is 2.18. The van der Waals surface area contributed by atoms with E-state index in [1.165, 1.54) is 12.5 Å². The quantitative estimate of drug-likeness (QED) is 0.858. The average Bonchev–Trinajstić information content (AvgIpc) is 3.04. The van der Waals surface area contributed by atoms with Crippen LogP contribution in [0.5, 0.6) is 0 Å². The molecule has 102 valence electrons. The molecule has 1 amide bonds. The first-order chi connectivity index (χ1) is 9.56. The summed E-state index contributed by atoms with van der Waals surface area (Å²) in [5, 5.41) is 0. The van der Waals surface area contributed by atoms with E-state index in [4.69, 9.17) is 0 Å². The van der Waals surface area contributed by atoms with E-state index < -0.39 is 0 Å². The number of anilines is 1. The van der Waals surface area contributed by atoms with Crippen molar-refractivity contribution in [3.05, 3.63) is 51.8 Å². The van der Waals surface area contributed by atoms with Crippen molar-refractivity contribution in [3.63, 3.8) is 0 Å². The fraction of sp³-hybridized carbons (Fsp3) is 0.200. The van der Waals surface area contributed by atoms with Gasteiger partial charge in [0.2, 0.25) is 0 Å². The molecule has 2 heterocycles. The number of benzene rings is 1. The zero-order valence-corrected chi connectivity index (χ0v) is 12.5. The van der Waals surface area contributed by atoms with Gasteiger partial charge in [-0.1, -0.05) is 22.0 Å². The Hall–Kier alpha value is -1.88. The molecule has 0 atom stereocenters. The van der Waals surface area contributed by atoms with E-state index in [1.807, 2.05) is 18.2 Å². The van der Waals surface area contributed by atoms with Gasteiger partial charge in [0.05, 0.1) is 0 Å². The highest BCUT2D eigenvalue weighted by Crippen LogP contribution is 2.31. The van der Waals surface area contributed by atoms with Crippen molar-refractivity contribution in [2.75, 3.05) is 11.4 Å². The maximum atomic E-state index is 12.5. The minimum Gasteiger partial charge on any atom is -0.356 e. The summed E-state index contributed by atoms with van der Waals surface area (Å²) in [4.78, 5) is 28.5. The molecular formula is C15H13BrN2O2. The molecule has 1 aromatic carbocycles. The van der Waals surface area contributed by atoms with Gasteiger partial charge in [-0.15, -0.1) is 0 Å². The van der Waals surface area contributed by atoms with Crippen molar-refractivity contribution in [1.29, 1.82) is 0 Å². The van der Waals surface area contributed by atoms with Crippen LogP contribution in [0.1, 0.15) is 33.3 Å². The molecule has 1 aliphatic rings. The van der Waals surface area contributed by atoms with E-state index in [9.17, 15) is 9.59 Å². The highest BCUT2D eigenvalue weighted by Gasteiger charge is 2.26. The molecule has 5 heteroatoms. The number of ketones is 1. The summed E-state index contributed by atoms with van der Waals surface area (Å²) in [7, 11) is 0. The lowest BCUT2D eigenvalue weighted by atomic mass is 10.2. The van der Waals surface area contributed by atoms with Gasteiger partial charge < -0.3 is 9.88 Å². The molecule has 0 saturated heterocycles. The minimum absolute atomic E-state index is 0.0510. The van der Waals surface area contributed by atoms with E-state index in [2.05, 4.69) is 20.9 Å². The van der Waals surface area contributed by atoms with Crippen LogP contribution in [-0.4, -0.2) is 23.2 Å². The van der Waals surface area contributed by atoms with Gasteiger partial charge in [0.15, 0.2) is 5.78 Å². The summed E-state index contributed by atoms with van der Waals surface area (Å²) in [6.45, 7) is 2.15. The molecule has 0 spiro atoms. The summed E-state index contributed by atoms with van der Waals surface area (Å²) in [5.41, 5.74) is 3.08. The van der Waals surface area contributed by atoms with E-state index in [0.29, 0.717) is 17.8 Å². The molecule has 0 unspecified atom stereocenters. The Labute approximate surface area is 124 Å². The predicted molar refractivity (Wildman–Crippen MR) is 80.3 cm³/mol.